The highest BCUT2D eigenvalue weighted by Crippen LogP contribution is 2.23. The van der Waals surface area contributed by atoms with Crippen molar-refractivity contribution < 1.29 is 19.0 Å². The second-order valence-corrected chi connectivity index (χ2v) is 4.49. The lowest BCUT2D eigenvalue weighted by atomic mass is 9.92. The molecule has 0 bridgehead atoms. The highest BCUT2D eigenvalue weighted by molar-refractivity contribution is 5.67. The summed E-state index contributed by atoms with van der Waals surface area (Å²) in [5.41, 5.74) is 0. The van der Waals surface area contributed by atoms with Gasteiger partial charge in [0.25, 0.3) is 0 Å². The number of aliphatic hydroxyl groups is 1. The number of unbranched alkanes of at least 4 members (excludes halogenated alkanes) is 1. The maximum atomic E-state index is 13.7. The molecule has 0 spiro atoms. The summed E-state index contributed by atoms with van der Waals surface area (Å²) < 4.78 is 18.7. The molecule has 0 aromatic rings. The zero-order chi connectivity index (χ0) is 12.7. The highest BCUT2D eigenvalue weighted by Gasteiger charge is 2.31. The molecule has 1 amide bonds. The largest absolute Gasteiger partial charge is 0.449 e. The van der Waals surface area contributed by atoms with E-state index < -0.39 is 12.3 Å². The van der Waals surface area contributed by atoms with Gasteiger partial charge in [-0.05, 0) is 25.2 Å². The minimum Gasteiger partial charge on any atom is -0.449 e. The molecule has 17 heavy (non-hydrogen) atoms. The van der Waals surface area contributed by atoms with Crippen LogP contribution in [0.15, 0.2) is 0 Å². The van der Waals surface area contributed by atoms with E-state index in [4.69, 9.17) is 9.84 Å². The molecule has 0 aromatic heterocycles. The fourth-order valence-corrected chi connectivity index (χ4v) is 2.01. The molecule has 1 aliphatic rings. The van der Waals surface area contributed by atoms with E-state index in [1.165, 1.54) is 4.90 Å². The van der Waals surface area contributed by atoms with Gasteiger partial charge in [0.15, 0.2) is 0 Å². The van der Waals surface area contributed by atoms with Crippen molar-refractivity contribution in [2.45, 2.75) is 38.8 Å². The van der Waals surface area contributed by atoms with Crippen molar-refractivity contribution in [3.63, 3.8) is 0 Å². The molecule has 0 aromatic carbocycles. The molecule has 1 fully saturated rings. The van der Waals surface area contributed by atoms with Crippen molar-refractivity contribution in [3.05, 3.63) is 0 Å². The Kier molecular flexibility index (Phi) is 6.26. The number of carbonyl (C=O) groups is 1. The molecule has 1 heterocycles. The van der Waals surface area contributed by atoms with Crippen LogP contribution in [0.5, 0.6) is 0 Å². The van der Waals surface area contributed by atoms with Crippen LogP contribution in [0, 0.1) is 5.92 Å². The van der Waals surface area contributed by atoms with Gasteiger partial charge in [-0.1, -0.05) is 13.3 Å². The van der Waals surface area contributed by atoms with Crippen molar-refractivity contribution in [1.82, 2.24) is 4.90 Å². The lowest BCUT2D eigenvalue weighted by Crippen LogP contribution is -2.45. The van der Waals surface area contributed by atoms with Gasteiger partial charge in [0.2, 0.25) is 0 Å². The molecule has 2 atom stereocenters. The molecule has 0 saturated carbocycles. The van der Waals surface area contributed by atoms with Gasteiger partial charge < -0.3 is 14.7 Å². The fraction of sp³-hybridized carbons (Fsp3) is 0.917. The van der Waals surface area contributed by atoms with E-state index in [0.29, 0.717) is 26.0 Å². The average Bonchev–Trinajstić information content (AvgIpc) is 2.32. The van der Waals surface area contributed by atoms with Crippen LogP contribution in [-0.2, 0) is 4.74 Å². The number of carbonyl (C=O) groups excluding carboxylic acids is 1. The number of halogens is 1. The summed E-state index contributed by atoms with van der Waals surface area (Å²) in [6, 6.07) is 0. The minimum atomic E-state index is -1.05. The lowest BCUT2D eigenvalue weighted by molar-refractivity contribution is 0.0479. The monoisotopic (exact) mass is 247 g/mol. The summed E-state index contributed by atoms with van der Waals surface area (Å²) in [6.45, 7) is 3.05. The number of rotatable bonds is 5. The molecule has 1 rings (SSSR count). The maximum absolute atomic E-state index is 13.7. The van der Waals surface area contributed by atoms with Crippen LogP contribution in [0.25, 0.3) is 0 Å². The van der Waals surface area contributed by atoms with E-state index in [2.05, 4.69) is 0 Å². The predicted octanol–water partition coefficient (Wildman–Crippen LogP) is 1.97. The van der Waals surface area contributed by atoms with Crippen LogP contribution < -0.4 is 0 Å². The Morgan fingerprint density at radius 1 is 1.59 bits per heavy atom. The van der Waals surface area contributed by atoms with E-state index in [-0.39, 0.29) is 19.1 Å². The molecule has 0 radical (unpaired) electrons. The van der Waals surface area contributed by atoms with Crippen LogP contribution in [0.3, 0.4) is 0 Å². The Morgan fingerprint density at radius 3 is 2.94 bits per heavy atom. The third kappa shape index (κ3) is 4.50. The number of ether oxygens (including phenoxy) is 1. The van der Waals surface area contributed by atoms with Gasteiger partial charge in [0.05, 0.1) is 13.2 Å². The van der Waals surface area contributed by atoms with Gasteiger partial charge in [-0.3, -0.25) is 0 Å². The second-order valence-electron chi connectivity index (χ2n) is 4.49. The van der Waals surface area contributed by atoms with Gasteiger partial charge in [-0.25, -0.2) is 9.18 Å². The highest BCUT2D eigenvalue weighted by atomic mass is 19.1. The second kappa shape index (κ2) is 7.48. The van der Waals surface area contributed by atoms with Crippen molar-refractivity contribution in [3.8, 4) is 0 Å². The standard InChI is InChI=1S/C12H22FNO3/c1-2-3-8-17-12(16)14-6-4-10(5-7-15)11(13)9-14/h10-11,15H,2-9H2,1H3. The van der Waals surface area contributed by atoms with Gasteiger partial charge >= 0.3 is 6.09 Å². The summed E-state index contributed by atoms with van der Waals surface area (Å²) in [7, 11) is 0. The Balaban J connectivity index is 2.30. The fourth-order valence-electron chi connectivity index (χ4n) is 2.01. The maximum Gasteiger partial charge on any atom is 0.409 e. The first kappa shape index (κ1) is 14.2. The number of likely N-dealkylation sites (tertiary alicyclic amines) is 1. The number of alkyl halides is 1. The quantitative estimate of drug-likeness (QED) is 0.756. The molecule has 5 heteroatoms. The summed E-state index contributed by atoms with van der Waals surface area (Å²) >= 11 is 0. The van der Waals surface area contributed by atoms with E-state index in [0.717, 1.165) is 12.8 Å². The number of piperidine rings is 1. The molecule has 2 unspecified atom stereocenters. The van der Waals surface area contributed by atoms with Crippen LogP contribution >= 0.6 is 0 Å². The van der Waals surface area contributed by atoms with Crippen LogP contribution in [0.4, 0.5) is 9.18 Å². The molecule has 0 aliphatic carbocycles. The summed E-state index contributed by atoms with van der Waals surface area (Å²) in [5, 5.41) is 8.78. The average molecular weight is 247 g/mol. The lowest BCUT2D eigenvalue weighted by Gasteiger charge is -2.33. The van der Waals surface area contributed by atoms with Crippen molar-refractivity contribution in [2.75, 3.05) is 26.3 Å². The summed E-state index contributed by atoms with van der Waals surface area (Å²) in [4.78, 5) is 13.0. The number of hydrogen-bond donors (Lipinski definition) is 1. The van der Waals surface area contributed by atoms with Crippen LogP contribution in [0.2, 0.25) is 0 Å². The normalized spacial score (nSPS) is 24.8. The van der Waals surface area contributed by atoms with Crippen molar-refractivity contribution in [1.29, 1.82) is 0 Å². The number of aliphatic hydroxyl groups excluding tert-OH is 1. The SMILES string of the molecule is CCCCOC(=O)N1CCC(CCO)C(F)C1. The zero-order valence-corrected chi connectivity index (χ0v) is 10.4. The minimum absolute atomic E-state index is 0.00599. The van der Waals surface area contributed by atoms with Gasteiger partial charge in [0.1, 0.15) is 6.17 Å². The predicted molar refractivity (Wildman–Crippen MR) is 62.5 cm³/mol. The van der Waals surface area contributed by atoms with E-state index in [9.17, 15) is 9.18 Å². The Bertz CT molecular complexity index is 238. The molecule has 100 valence electrons. The Hall–Kier alpha value is -0.840. The zero-order valence-electron chi connectivity index (χ0n) is 10.4. The van der Waals surface area contributed by atoms with Crippen LogP contribution in [0.1, 0.15) is 32.6 Å². The molecule has 1 aliphatic heterocycles. The van der Waals surface area contributed by atoms with Crippen LogP contribution in [-0.4, -0.2) is 48.6 Å². The van der Waals surface area contributed by atoms with Crippen molar-refractivity contribution in [2.24, 2.45) is 5.92 Å². The topological polar surface area (TPSA) is 49.8 Å². The molecular formula is C12H22FNO3. The molecule has 1 N–H and O–H groups in total. The van der Waals surface area contributed by atoms with E-state index >= 15 is 0 Å². The first-order valence-corrected chi connectivity index (χ1v) is 6.35. The van der Waals surface area contributed by atoms with E-state index in [1.807, 2.05) is 6.92 Å². The summed E-state index contributed by atoms with van der Waals surface area (Å²) in [5.74, 6) is -0.125. The summed E-state index contributed by atoms with van der Waals surface area (Å²) in [6.07, 6.45) is 1.42. The van der Waals surface area contributed by atoms with E-state index in [1.54, 1.807) is 0 Å². The third-order valence-electron chi connectivity index (χ3n) is 3.16. The first-order valence-electron chi connectivity index (χ1n) is 6.35. The Labute approximate surface area is 102 Å². The van der Waals surface area contributed by atoms with Crippen molar-refractivity contribution >= 4 is 6.09 Å². The van der Waals surface area contributed by atoms with Gasteiger partial charge in [-0.2, -0.15) is 0 Å². The third-order valence-corrected chi connectivity index (χ3v) is 3.16. The van der Waals surface area contributed by atoms with Gasteiger partial charge in [0, 0.05) is 13.2 Å². The number of amides is 1. The Morgan fingerprint density at radius 2 is 2.35 bits per heavy atom. The first-order chi connectivity index (χ1) is 8.19. The number of hydrogen-bond acceptors (Lipinski definition) is 3. The smallest absolute Gasteiger partial charge is 0.409 e. The molecule has 1 saturated heterocycles. The molecular weight excluding hydrogens is 225 g/mol. The number of nitrogens with zero attached hydrogens (tertiary/aromatic N) is 1. The molecule has 4 nitrogen and oxygen atoms in total. The van der Waals surface area contributed by atoms with Gasteiger partial charge in [-0.15, -0.1) is 0 Å².